The lowest BCUT2D eigenvalue weighted by atomic mass is 9.94. The van der Waals surface area contributed by atoms with E-state index in [2.05, 4.69) is 0 Å². The third-order valence-corrected chi connectivity index (χ3v) is 2.18. The Morgan fingerprint density at radius 3 is 2.33 bits per heavy atom. The summed E-state index contributed by atoms with van der Waals surface area (Å²) in [6.45, 7) is -0.431. The van der Waals surface area contributed by atoms with Gasteiger partial charge in [-0.05, 0) is 25.7 Å². The van der Waals surface area contributed by atoms with Gasteiger partial charge in [0, 0.05) is 6.04 Å². The molecule has 0 unspecified atom stereocenters. The zero-order valence-corrected chi connectivity index (χ0v) is 7.01. The monoisotopic (exact) mass is 179 g/mol. The van der Waals surface area contributed by atoms with E-state index in [1.54, 1.807) is 0 Å². The highest BCUT2D eigenvalue weighted by atomic mass is 19.3. The van der Waals surface area contributed by atoms with E-state index in [9.17, 15) is 8.78 Å². The minimum atomic E-state index is -2.35. The molecule has 0 saturated heterocycles. The van der Waals surface area contributed by atoms with Crippen molar-refractivity contribution in [1.29, 1.82) is 0 Å². The first-order valence-electron chi connectivity index (χ1n) is 4.34. The molecule has 0 aromatic rings. The van der Waals surface area contributed by atoms with Gasteiger partial charge in [-0.1, -0.05) is 0 Å². The van der Waals surface area contributed by atoms with Crippen LogP contribution in [-0.4, -0.2) is 25.2 Å². The van der Waals surface area contributed by atoms with Crippen LogP contribution >= 0.6 is 0 Å². The summed E-state index contributed by atoms with van der Waals surface area (Å²) >= 11 is 0. The van der Waals surface area contributed by atoms with Crippen molar-refractivity contribution in [3.63, 3.8) is 0 Å². The number of alkyl halides is 2. The largest absolute Gasteiger partial charge is 0.372 e. The van der Waals surface area contributed by atoms with Crippen molar-refractivity contribution in [2.45, 2.75) is 44.3 Å². The Hall–Kier alpha value is -0.220. The van der Waals surface area contributed by atoms with Crippen LogP contribution in [0.2, 0.25) is 0 Å². The van der Waals surface area contributed by atoms with E-state index >= 15 is 0 Å². The zero-order valence-electron chi connectivity index (χ0n) is 7.01. The van der Waals surface area contributed by atoms with Crippen LogP contribution in [0.15, 0.2) is 0 Å². The molecule has 1 aliphatic rings. The fourth-order valence-electron chi connectivity index (χ4n) is 1.46. The second-order valence-corrected chi connectivity index (χ2v) is 3.26. The van der Waals surface area contributed by atoms with Crippen molar-refractivity contribution in [3.05, 3.63) is 0 Å². The Morgan fingerprint density at radius 1 is 1.25 bits per heavy atom. The summed E-state index contributed by atoms with van der Waals surface area (Å²) in [4.78, 5) is 0. The maximum atomic E-state index is 11.7. The third-order valence-electron chi connectivity index (χ3n) is 2.18. The van der Waals surface area contributed by atoms with Crippen LogP contribution in [0, 0.1) is 0 Å². The van der Waals surface area contributed by atoms with E-state index < -0.39 is 13.0 Å². The van der Waals surface area contributed by atoms with E-state index in [4.69, 9.17) is 10.5 Å². The van der Waals surface area contributed by atoms with Gasteiger partial charge in [0.15, 0.2) is 0 Å². The van der Waals surface area contributed by atoms with Gasteiger partial charge in [0.1, 0.15) is 6.61 Å². The molecule has 0 aromatic heterocycles. The predicted octanol–water partition coefficient (Wildman–Crippen LogP) is 1.54. The minimum absolute atomic E-state index is 0.0128. The quantitative estimate of drug-likeness (QED) is 0.713. The summed E-state index contributed by atoms with van der Waals surface area (Å²) in [7, 11) is 0. The molecular weight excluding hydrogens is 164 g/mol. The van der Waals surface area contributed by atoms with Gasteiger partial charge in [0.2, 0.25) is 0 Å². The van der Waals surface area contributed by atoms with E-state index in [1.807, 2.05) is 0 Å². The lowest BCUT2D eigenvalue weighted by Gasteiger charge is -2.25. The number of rotatable bonds is 3. The maximum Gasteiger partial charge on any atom is 0.261 e. The highest BCUT2D eigenvalue weighted by molar-refractivity contribution is 4.74. The van der Waals surface area contributed by atoms with Crippen molar-refractivity contribution in [2.75, 3.05) is 6.61 Å². The van der Waals surface area contributed by atoms with Gasteiger partial charge in [0.05, 0.1) is 6.10 Å². The van der Waals surface area contributed by atoms with Gasteiger partial charge in [-0.3, -0.25) is 0 Å². The SMILES string of the molecule is N[C@H]1CC[C@@H](OCC(F)F)CC1. The number of hydrogen-bond donors (Lipinski definition) is 1. The Balaban J connectivity index is 2.09. The van der Waals surface area contributed by atoms with Crippen LogP contribution in [-0.2, 0) is 4.74 Å². The normalized spacial score (nSPS) is 31.0. The Kier molecular flexibility index (Phi) is 3.88. The molecule has 4 heteroatoms. The Bertz CT molecular complexity index is 124. The highest BCUT2D eigenvalue weighted by Crippen LogP contribution is 2.20. The molecule has 0 bridgehead atoms. The van der Waals surface area contributed by atoms with Gasteiger partial charge >= 0.3 is 0 Å². The molecule has 12 heavy (non-hydrogen) atoms. The van der Waals surface area contributed by atoms with Crippen LogP contribution in [0.4, 0.5) is 8.78 Å². The van der Waals surface area contributed by atoms with Gasteiger partial charge in [-0.2, -0.15) is 0 Å². The number of ether oxygens (including phenoxy) is 1. The van der Waals surface area contributed by atoms with Crippen molar-refractivity contribution >= 4 is 0 Å². The van der Waals surface area contributed by atoms with E-state index in [0.717, 1.165) is 25.7 Å². The average Bonchev–Trinajstić information content (AvgIpc) is 2.03. The summed E-state index contributed by atoms with van der Waals surface area (Å²) in [6, 6.07) is 0.247. The van der Waals surface area contributed by atoms with Gasteiger partial charge < -0.3 is 10.5 Å². The van der Waals surface area contributed by atoms with Crippen molar-refractivity contribution in [3.8, 4) is 0 Å². The molecule has 0 spiro atoms. The first kappa shape index (κ1) is 9.86. The van der Waals surface area contributed by atoms with Crippen LogP contribution in [0.1, 0.15) is 25.7 Å². The molecular formula is C8H15F2NO. The lowest BCUT2D eigenvalue weighted by molar-refractivity contribution is -0.0380. The summed E-state index contributed by atoms with van der Waals surface area (Å²) in [5, 5.41) is 0. The van der Waals surface area contributed by atoms with Gasteiger partial charge in [-0.25, -0.2) is 8.78 Å². The van der Waals surface area contributed by atoms with Gasteiger partial charge in [-0.15, -0.1) is 0 Å². The predicted molar refractivity (Wildman–Crippen MR) is 42.2 cm³/mol. The summed E-state index contributed by atoms with van der Waals surface area (Å²) < 4.78 is 28.4. The van der Waals surface area contributed by atoms with Crippen LogP contribution in [0.25, 0.3) is 0 Å². The molecule has 2 N–H and O–H groups in total. The highest BCUT2D eigenvalue weighted by Gasteiger charge is 2.19. The smallest absolute Gasteiger partial charge is 0.261 e. The fourth-order valence-corrected chi connectivity index (χ4v) is 1.46. The first-order chi connectivity index (χ1) is 5.68. The minimum Gasteiger partial charge on any atom is -0.372 e. The lowest BCUT2D eigenvalue weighted by Crippen LogP contribution is -2.31. The summed E-state index contributed by atoms with van der Waals surface area (Å²) in [5.41, 5.74) is 5.65. The molecule has 0 amide bonds. The van der Waals surface area contributed by atoms with Crippen molar-refractivity contribution in [1.82, 2.24) is 0 Å². The van der Waals surface area contributed by atoms with Crippen LogP contribution < -0.4 is 5.73 Å². The third kappa shape index (κ3) is 3.45. The molecule has 2 nitrogen and oxygen atoms in total. The molecule has 0 aliphatic heterocycles. The second-order valence-electron chi connectivity index (χ2n) is 3.26. The van der Waals surface area contributed by atoms with Crippen molar-refractivity contribution < 1.29 is 13.5 Å². The molecule has 1 aliphatic carbocycles. The molecule has 1 saturated carbocycles. The van der Waals surface area contributed by atoms with Crippen LogP contribution in [0.5, 0.6) is 0 Å². The fraction of sp³-hybridized carbons (Fsp3) is 1.00. The van der Waals surface area contributed by atoms with E-state index in [1.165, 1.54) is 0 Å². The molecule has 1 fully saturated rings. The Labute approximate surface area is 71.1 Å². The van der Waals surface area contributed by atoms with E-state index in [0.29, 0.717) is 0 Å². The standard InChI is InChI=1S/C8H15F2NO/c9-8(10)5-12-7-3-1-6(11)2-4-7/h6-8H,1-5,11H2/t6-,7+. The summed E-state index contributed by atoms with van der Waals surface area (Å²) in [6.07, 6.45) is 1.11. The summed E-state index contributed by atoms with van der Waals surface area (Å²) in [5.74, 6) is 0. The number of nitrogens with two attached hydrogens (primary N) is 1. The van der Waals surface area contributed by atoms with Gasteiger partial charge in [0.25, 0.3) is 6.43 Å². The molecule has 0 heterocycles. The molecule has 0 aromatic carbocycles. The Morgan fingerprint density at radius 2 is 1.83 bits per heavy atom. The van der Waals surface area contributed by atoms with Crippen molar-refractivity contribution in [2.24, 2.45) is 5.73 Å². The zero-order chi connectivity index (χ0) is 8.97. The van der Waals surface area contributed by atoms with E-state index in [-0.39, 0.29) is 12.1 Å². The number of halogens is 2. The second kappa shape index (κ2) is 4.72. The molecule has 0 radical (unpaired) electrons. The maximum absolute atomic E-state index is 11.7. The topological polar surface area (TPSA) is 35.2 Å². The molecule has 0 atom stereocenters. The van der Waals surface area contributed by atoms with Crippen LogP contribution in [0.3, 0.4) is 0 Å². The molecule has 72 valence electrons. The average molecular weight is 179 g/mol. The first-order valence-corrected chi connectivity index (χ1v) is 4.34. The number of hydrogen-bond acceptors (Lipinski definition) is 2. The molecule has 1 rings (SSSR count).